The highest BCUT2D eigenvalue weighted by Crippen LogP contribution is 2.33. The molecule has 0 aliphatic carbocycles. The second-order valence-corrected chi connectivity index (χ2v) is 9.24. The van der Waals surface area contributed by atoms with Gasteiger partial charge in [-0.15, -0.1) is 0 Å². The molecule has 1 aliphatic rings. The predicted molar refractivity (Wildman–Crippen MR) is 123 cm³/mol. The number of aromatic nitrogens is 3. The maximum absolute atomic E-state index is 12.6. The molecule has 168 valence electrons. The average molecular weight is 501 g/mol. The minimum absolute atomic E-state index is 0.00379. The van der Waals surface area contributed by atoms with Crippen molar-refractivity contribution in [3.05, 3.63) is 48.0 Å². The van der Waals surface area contributed by atoms with Crippen molar-refractivity contribution in [1.29, 1.82) is 0 Å². The number of nitrogens with one attached hydrogen (secondary N) is 1. The quantitative estimate of drug-likeness (QED) is 0.372. The van der Waals surface area contributed by atoms with Crippen molar-refractivity contribution >= 4 is 27.8 Å². The number of aromatic amines is 1. The molecule has 0 radical (unpaired) electrons. The normalized spacial score (nSPS) is 16.4. The van der Waals surface area contributed by atoms with E-state index in [0.29, 0.717) is 35.3 Å². The van der Waals surface area contributed by atoms with Crippen LogP contribution in [0.4, 0.5) is 4.79 Å². The van der Waals surface area contributed by atoms with Crippen LogP contribution in [0, 0.1) is 0 Å². The lowest BCUT2D eigenvalue weighted by molar-refractivity contribution is 0.0218. The molecule has 3 aromatic rings. The molecule has 1 aliphatic heterocycles. The third kappa shape index (κ3) is 4.77. The summed E-state index contributed by atoms with van der Waals surface area (Å²) in [5.74, 6) is 1.61. The fourth-order valence-electron chi connectivity index (χ4n) is 3.66. The molecule has 1 fully saturated rings. The van der Waals surface area contributed by atoms with Gasteiger partial charge in [0.15, 0.2) is 11.5 Å². The van der Waals surface area contributed by atoms with Gasteiger partial charge in [-0.1, -0.05) is 34.1 Å². The van der Waals surface area contributed by atoms with E-state index < -0.39 is 5.60 Å². The number of carbonyl (C=O) groups excluding carboxylic acids is 2. The van der Waals surface area contributed by atoms with Gasteiger partial charge < -0.3 is 14.1 Å². The zero-order chi connectivity index (χ0) is 22.9. The lowest BCUT2D eigenvalue weighted by Gasteiger charge is -2.27. The molecular weight excluding hydrogens is 476 g/mol. The van der Waals surface area contributed by atoms with Crippen molar-refractivity contribution in [3.8, 4) is 22.9 Å². The summed E-state index contributed by atoms with van der Waals surface area (Å²) in [5, 5.41) is 0.260. The molecule has 0 spiro atoms. The van der Waals surface area contributed by atoms with Crippen LogP contribution >= 0.6 is 15.9 Å². The predicted octanol–water partition coefficient (Wildman–Crippen LogP) is 5.38. The summed E-state index contributed by atoms with van der Waals surface area (Å²) in [4.78, 5) is 38.3. The zero-order valence-corrected chi connectivity index (χ0v) is 19.8. The van der Waals surface area contributed by atoms with Crippen LogP contribution in [-0.2, 0) is 4.74 Å². The lowest BCUT2D eigenvalue weighted by Crippen LogP contribution is -2.36. The van der Waals surface area contributed by atoms with E-state index in [0.717, 1.165) is 18.4 Å². The molecule has 1 saturated heterocycles. The Hall–Kier alpha value is -2.94. The number of nitrogens with zero attached hydrogens (tertiary/aromatic N) is 3. The number of ketones is 1. The Labute approximate surface area is 194 Å². The minimum Gasteiger partial charge on any atom is -0.444 e. The van der Waals surface area contributed by atoms with E-state index in [9.17, 15) is 9.59 Å². The number of oxazole rings is 1. The van der Waals surface area contributed by atoms with Crippen LogP contribution in [0.1, 0.15) is 55.8 Å². The first-order valence-electron chi connectivity index (χ1n) is 10.5. The van der Waals surface area contributed by atoms with Gasteiger partial charge in [0, 0.05) is 17.7 Å². The molecule has 2 aromatic heterocycles. The molecule has 4 rings (SSSR count). The van der Waals surface area contributed by atoms with Crippen LogP contribution in [0.25, 0.3) is 22.9 Å². The van der Waals surface area contributed by atoms with Crippen LogP contribution < -0.4 is 0 Å². The summed E-state index contributed by atoms with van der Waals surface area (Å²) in [7, 11) is 0. The average Bonchev–Trinajstić information content (AvgIpc) is 3.51. The third-order valence-corrected chi connectivity index (χ3v) is 5.63. The minimum atomic E-state index is -0.552. The second-order valence-electron chi connectivity index (χ2n) is 8.68. The third-order valence-electron chi connectivity index (χ3n) is 5.12. The Kier molecular flexibility index (Phi) is 6.19. The smallest absolute Gasteiger partial charge is 0.410 e. The molecule has 9 heteroatoms. The molecule has 8 nitrogen and oxygen atoms in total. The van der Waals surface area contributed by atoms with Gasteiger partial charge in [0.05, 0.1) is 23.8 Å². The van der Waals surface area contributed by atoms with Crippen molar-refractivity contribution in [2.24, 2.45) is 0 Å². The van der Waals surface area contributed by atoms with E-state index in [-0.39, 0.29) is 23.2 Å². The van der Waals surface area contributed by atoms with E-state index in [1.807, 2.05) is 32.9 Å². The molecule has 32 heavy (non-hydrogen) atoms. The maximum Gasteiger partial charge on any atom is 0.410 e. The first kappa shape index (κ1) is 22.3. The van der Waals surface area contributed by atoms with Gasteiger partial charge in [0.2, 0.25) is 5.89 Å². The molecule has 1 atom stereocenters. The number of likely N-dealkylation sites (tertiary alicyclic amines) is 1. The number of halogens is 1. The summed E-state index contributed by atoms with van der Waals surface area (Å²) in [6, 6.07) is 7.05. The number of ether oxygens (including phenoxy) is 1. The molecule has 0 unspecified atom stereocenters. The Morgan fingerprint density at radius 3 is 2.84 bits per heavy atom. The van der Waals surface area contributed by atoms with Crippen LogP contribution in [0.2, 0.25) is 0 Å². The number of H-pyrrole nitrogens is 1. The van der Waals surface area contributed by atoms with Crippen LogP contribution in [0.15, 0.2) is 41.1 Å². The second kappa shape index (κ2) is 8.90. The molecule has 1 amide bonds. The molecule has 0 saturated carbocycles. The van der Waals surface area contributed by atoms with Crippen LogP contribution in [0.5, 0.6) is 0 Å². The van der Waals surface area contributed by atoms with Gasteiger partial charge in [-0.3, -0.25) is 9.69 Å². The molecule has 1 N–H and O–H groups in total. The van der Waals surface area contributed by atoms with E-state index in [2.05, 4.69) is 30.9 Å². The van der Waals surface area contributed by atoms with Crippen molar-refractivity contribution in [1.82, 2.24) is 19.9 Å². The van der Waals surface area contributed by atoms with Crippen molar-refractivity contribution < 1.29 is 18.7 Å². The highest BCUT2D eigenvalue weighted by Gasteiger charge is 2.35. The number of hydrogen-bond donors (Lipinski definition) is 1. The molecule has 1 aromatic carbocycles. The number of Topliss-reactive ketones (excluding diaryl/α,β-unsaturated/α-hetero) is 1. The Morgan fingerprint density at radius 2 is 2.09 bits per heavy atom. The van der Waals surface area contributed by atoms with Gasteiger partial charge in [-0.2, -0.15) is 0 Å². The van der Waals surface area contributed by atoms with Gasteiger partial charge in [-0.25, -0.2) is 14.8 Å². The highest BCUT2D eigenvalue weighted by atomic mass is 79.9. The number of benzene rings is 1. The number of hydrogen-bond acceptors (Lipinski definition) is 6. The number of carbonyl (C=O) groups is 2. The van der Waals surface area contributed by atoms with Crippen molar-refractivity contribution in [2.45, 2.75) is 45.3 Å². The van der Waals surface area contributed by atoms with Crippen LogP contribution in [0.3, 0.4) is 0 Å². The molecule has 3 heterocycles. The number of amides is 1. The first-order chi connectivity index (χ1) is 15.2. The Bertz CT molecular complexity index is 1130. The molecule has 0 bridgehead atoms. The van der Waals surface area contributed by atoms with Crippen molar-refractivity contribution in [2.75, 3.05) is 11.9 Å². The first-order valence-corrected chi connectivity index (χ1v) is 11.6. The summed E-state index contributed by atoms with van der Waals surface area (Å²) < 4.78 is 11.5. The number of imidazole rings is 1. The highest BCUT2D eigenvalue weighted by molar-refractivity contribution is 9.09. The van der Waals surface area contributed by atoms with Crippen molar-refractivity contribution in [3.63, 3.8) is 0 Å². The Balaban J connectivity index is 1.53. The largest absolute Gasteiger partial charge is 0.444 e. The SMILES string of the molecule is CC(C)(C)OC(=O)N1CCC[C@H]1c1ncc(-c2ncc(-c3cccc(C(=O)CBr)c3)o2)[nH]1. The fraction of sp³-hybridized carbons (Fsp3) is 0.391. The van der Waals surface area contributed by atoms with Gasteiger partial charge in [0.1, 0.15) is 17.1 Å². The summed E-state index contributed by atoms with van der Waals surface area (Å²) >= 11 is 3.20. The van der Waals surface area contributed by atoms with Crippen LogP contribution in [-0.4, -0.2) is 49.2 Å². The lowest BCUT2D eigenvalue weighted by atomic mass is 10.1. The van der Waals surface area contributed by atoms with Gasteiger partial charge in [0.25, 0.3) is 0 Å². The van der Waals surface area contributed by atoms with E-state index in [1.165, 1.54) is 0 Å². The topological polar surface area (TPSA) is 101 Å². The summed E-state index contributed by atoms with van der Waals surface area (Å²) in [5.41, 5.74) is 1.44. The molecular formula is C23H25BrN4O4. The monoisotopic (exact) mass is 500 g/mol. The van der Waals surface area contributed by atoms with E-state index in [4.69, 9.17) is 9.15 Å². The Morgan fingerprint density at radius 1 is 1.28 bits per heavy atom. The maximum atomic E-state index is 12.6. The van der Waals surface area contributed by atoms with Gasteiger partial charge in [-0.05, 0) is 39.7 Å². The number of rotatable bonds is 5. The summed E-state index contributed by atoms with van der Waals surface area (Å²) in [6.07, 6.45) is 4.62. The zero-order valence-electron chi connectivity index (χ0n) is 18.2. The van der Waals surface area contributed by atoms with Gasteiger partial charge >= 0.3 is 6.09 Å². The fourth-order valence-corrected chi connectivity index (χ4v) is 3.98. The van der Waals surface area contributed by atoms with E-state index >= 15 is 0 Å². The standard InChI is InChI=1S/C23H25BrN4O4/c1-23(2,3)32-22(30)28-9-5-8-17(28)20-25-12-16(27-20)21-26-13-19(31-21)15-7-4-6-14(10-15)18(29)11-24/h4,6-7,10,12-13,17H,5,8-9,11H2,1-3H3,(H,25,27)/t17-/m0/s1. The summed E-state index contributed by atoms with van der Waals surface area (Å²) in [6.45, 7) is 6.19. The number of alkyl halides is 1. The van der Waals surface area contributed by atoms with E-state index in [1.54, 1.807) is 29.4 Å².